The Morgan fingerprint density at radius 3 is 2.65 bits per heavy atom. The minimum absolute atomic E-state index is 0.706. The summed E-state index contributed by atoms with van der Waals surface area (Å²) < 4.78 is 0. The van der Waals surface area contributed by atoms with Crippen molar-refractivity contribution >= 4 is 0 Å². The van der Waals surface area contributed by atoms with Crippen LogP contribution in [0.1, 0.15) is 45.4 Å². The van der Waals surface area contributed by atoms with Crippen LogP contribution in [0.3, 0.4) is 0 Å². The van der Waals surface area contributed by atoms with Gasteiger partial charge in [0.05, 0.1) is 0 Å². The van der Waals surface area contributed by atoms with Gasteiger partial charge in [-0.15, -0.1) is 6.58 Å². The highest BCUT2D eigenvalue weighted by atomic mass is 14.9. The predicted molar refractivity (Wildman–Crippen MR) is 76.3 cm³/mol. The highest BCUT2D eigenvalue weighted by molar-refractivity contribution is 4.81. The summed E-state index contributed by atoms with van der Waals surface area (Å²) in [5.41, 5.74) is 0. The Bertz CT molecular complexity index is 199. The Balaban J connectivity index is 2.20. The average molecular weight is 238 g/mol. The molecule has 0 bridgehead atoms. The van der Waals surface area contributed by atoms with E-state index in [0.717, 1.165) is 24.9 Å². The number of hydrogen-bond donors (Lipinski definition) is 2. The van der Waals surface area contributed by atoms with E-state index in [1.165, 1.54) is 38.5 Å². The minimum atomic E-state index is 0.706. The van der Waals surface area contributed by atoms with E-state index in [-0.39, 0.29) is 0 Å². The Morgan fingerprint density at radius 2 is 2.12 bits per heavy atom. The fourth-order valence-corrected chi connectivity index (χ4v) is 2.62. The molecular formula is C15H30N2. The van der Waals surface area contributed by atoms with Crippen molar-refractivity contribution < 1.29 is 0 Å². The molecule has 2 atom stereocenters. The van der Waals surface area contributed by atoms with Crippen molar-refractivity contribution in [2.75, 3.05) is 20.1 Å². The molecule has 0 heterocycles. The highest BCUT2D eigenvalue weighted by Crippen LogP contribution is 2.31. The SMILES string of the molecule is C=CCNC(CCC(C)CNC)CC1CCC1. The first-order valence-corrected chi connectivity index (χ1v) is 7.25. The number of rotatable bonds is 10. The molecule has 2 N–H and O–H groups in total. The normalized spacial score (nSPS) is 19.6. The zero-order chi connectivity index (χ0) is 12.5. The van der Waals surface area contributed by atoms with Gasteiger partial charge in [-0.2, -0.15) is 0 Å². The summed E-state index contributed by atoms with van der Waals surface area (Å²) in [6, 6.07) is 0.706. The van der Waals surface area contributed by atoms with Crippen LogP contribution in [0.25, 0.3) is 0 Å². The maximum absolute atomic E-state index is 3.80. The van der Waals surface area contributed by atoms with Crippen LogP contribution in [-0.4, -0.2) is 26.2 Å². The molecule has 2 nitrogen and oxygen atoms in total. The molecule has 0 aromatic rings. The molecule has 0 aliphatic heterocycles. The summed E-state index contributed by atoms with van der Waals surface area (Å²) in [5.74, 6) is 1.78. The number of nitrogens with one attached hydrogen (secondary N) is 2. The molecule has 2 heteroatoms. The van der Waals surface area contributed by atoms with Crippen LogP contribution in [0.15, 0.2) is 12.7 Å². The first-order chi connectivity index (χ1) is 8.26. The summed E-state index contributed by atoms with van der Waals surface area (Å²) in [6.07, 6.45) is 10.4. The number of hydrogen-bond acceptors (Lipinski definition) is 2. The van der Waals surface area contributed by atoms with E-state index in [9.17, 15) is 0 Å². The van der Waals surface area contributed by atoms with Gasteiger partial charge >= 0.3 is 0 Å². The summed E-state index contributed by atoms with van der Waals surface area (Å²) in [7, 11) is 2.04. The standard InChI is InChI=1S/C15H30N2/c1-4-10-17-15(11-14-6-5-7-14)9-8-13(2)12-16-3/h4,13-17H,1,5-12H2,2-3H3. The highest BCUT2D eigenvalue weighted by Gasteiger charge is 2.21. The van der Waals surface area contributed by atoms with Gasteiger partial charge in [-0.1, -0.05) is 32.3 Å². The van der Waals surface area contributed by atoms with Crippen LogP contribution in [0.4, 0.5) is 0 Å². The van der Waals surface area contributed by atoms with Gasteiger partial charge in [0.15, 0.2) is 0 Å². The summed E-state index contributed by atoms with van der Waals surface area (Å²) in [4.78, 5) is 0. The van der Waals surface area contributed by atoms with Crippen molar-refractivity contribution in [2.24, 2.45) is 11.8 Å². The van der Waals surface area contributed by atoms with E-state index in [2.05, 4.69) is 24.1 Å². The van der Waals surface area contributed by atoms with Crippen molar-refractivity contribution in [1.82, 2.24) is 10.6 Å². The van der Waals surface area contributed by atoms with Crippen LogP contribution in [0, 0.1) is 11.8 Å². The van der Waals surface area contributed by atoms with Gasteiger partial charge in [-0.3, -0.25) is 0 Å². The third-order valence-electron chi connectivity index (χ3n) is 3.95. The van der Waals surface area contributed by atoms with E-state index in [0.29, 0.717) is 6.04 Å². The average Bonchev–Trinajstić information content (AvgIpc) is 2.26. The van der Waals surface area contributed by atoms with Crippen molar-refractivity contribution in [3.8, 4) is 0 Å². The molecule has 1 aliphatic rings. The first-order valence-electron chi connectivity index (χ1n) is 7.25. The second kappa shape index (κ2) is 8.71. The van der Waals surface area contributed by atoms with Gasteiger partial charge in [0, 0.05) is 12.6 Å². The van der Waals surface area contributed by atoms with Crippen LogP contribution in [-0.2, 0) is 0 Å². The lowest BCUT2D eigenvalue weighted by Gasteiger charge is -2.30. The second-order valence-corrected chi connectivity index (χ2v) is 5.67. The molecule has 2 unspecified atom stereocenters. The topological polar surface area (TPSA) is 24.1 Å². The van der Waals surface area contributed by atoms with E-state index < -0.39 is 0 Å². The smallest absolute Gasteiger partial charge is 0.0134 e. The van der Waals surface area contributed by atoms with Crippen molar-refractivity contribution in [3.05, 3.63) is 12.7 Å². The van der Waals surface area contributed by atoms with Crippen LogP contribution in [0.5, 0.6) is 0 Å². The molecule has 1 saturated carbocycles. The molecule has 17 heavy (non-hydrogen) atoms. The van der Waals surface area contributed by atoms with E-state index in [1.807, 2.05) is 13.1 Å². The third-order valence-corrected chi connectivity index (χ3v) is 3.95. The molecule has 0 aromatic heterocycles. The minimum Gasteiger partial charge on any atom is -0.319 e. The lowest BCUT2D eigenvalue weighted by atomic mass is 9.80. The van der Waals surface area contributed by atoms with Crippen molar-refractivity contribution in [3.63, 3.8) is 0 Å². The molecular weight excluding hydrogens is 208 g/mol. The van der Waals surface area contributed by atoms with Crippen molar-refractivity contribution in [2.45, 2.75) is 51.5 Å². The lowest BCUT2D eigenvalue weighted by molar-refractivity contribution is 0.250. The van der Waals surface area contributed by atoms with Crippen LogP contribution >= 0.6 is 0 Å². The summed E-state index contributed by atoms with van der Waals surface area (Å²) in [6.45, 7) is 8.23. The van der Waals surface area contributed by atoms with Crippen LogP contribution < -0.4 is 10.6 Å². The van der Waals surface area contributed by atoms with E-state index in [1.54, 1.807) is 0 Å². The third kappa shape index (κ3) is 6.23. The molecule has 0 spiro atoms. The quantitative estimate of drug-likeness (QED) is 0.572. The van der Waals surface area contributed by atoms with Gasteiger partial charge in [0.2, 0.25) is 0 Å². The zero-order valence-electron chi connectivity index (χ0n) is 11.7. The molecule has 1 rings (SSSR count). The maximum atomic E-state index is 3.80. The monoisotopic (exact) mass is 238 g/mol. The van der Waals surface area contributed by atoms with Gasteiger partial charge in [-0.25, -0.2) is 0 Å². The molecule has 100 valence electrons. The molecule has 1 aliphatic carbocycles. The molecule has 0 radical (unpaired) electrons. The fourth-order valence-electron chi connectivity index (χ4n) is 2.62. The van der Waals surface area contributed by atoms with Gasteiger partial charge in [-0.05, 0) is 44.7 Å². The Morgan fingerprint density at radius 1 is 1.35 bits per heavy atom. The maximum Gasteiger partial charge on any atom is 0.0134 e. The Labute approximate surface area is 107 Å². The molecule has 0 amide bonds. The zero-order valence-corrected chi connectivity index (χ0v) is 11.7. The second-order valence-electron chi connectivity index (χ2n) is 5.67. The largest absolute Gasteiger partial charge is 0.319 e. The Kier molecular flexibility index (Phi) is 7.54. The summed E-state index contributed by atoms with van der Waals surface area (Å²) >= 11 is 0. The molecule has 0 saturated heterocycles. The predicted octanol–water partition coefficient (Wildman–Crippen LogP) is 2.96. The first kappa shape index (κ1) is 14.7. The fraction of sp³-hybridized carbons (Fsp3) is 0.867. The van der Waals surface area contributed by atoms with Gasteiger partial charge < -0.3 is 10.6 Å². The molecule has 0 aromatic carbocycles. The summed E-state index contributed by atoms with van der Waals surface area (Å²) in [5, 5.41) is 6.89. The Hall–Kier alpha value is -0.340. The van der Waals surface area contributed by atoms with Crippen molar-refractivity contribution in [1.29, 1.82) is 0 Å². The van der Waals surface area contributed by atoms with Crippen LogP contribution in [0.2, 0.25) is 0 Å². The lowest BCUT2D eigenvalue weighted by Crippen LogP contribution is -2.33. The van der Waals surface area contributed by atoms with Gasteiger partial charge in [0.25, 0.3) is 0 Å². The van der Waals surface area contributed by atoms with Gasteiger partial charge in [0.1, 0.15) is 0 Å². The van der Waals surface area contributed by atoms with E-state index in [4.69, 9.17) is 0 Å². The van der Waals surface area contributed by atoms with E-state index >= 15 is 0 Å². The molecule has 1 fully saturated rings.